The molecular formula is C37H33N3O2. The molecule has 6 rings (SSSR count). The number of nitrogens with zero attached hydrogens (tertiary/aromatic N) is 2. The van der Waals surface area contributed by atoms with E-state index in [4.69, 9.17) is 4.74 Å². The van der Waals surface area contributed by atoms with Gasteiger partial charge in [-0.15, -0.1) is 0 Å². The molecule has 0 aliphatic carbocycles. The van der Waals surface area contributed by atoms with Gasteiger partial charge in [0.15, 0.2) is 0 Å². The predicted octanol–water partition coefficient (Wildman–Crippen LogP) is 7.50. The summed E-state index contributed by atoms with van der Waals surface area (Å²) in [4.78, 5) is 17.5. The summed E-state index contributed by atoms with van der Waals surface area (Å²) in [6.45, 7) is 1.70. The van der Waals surface area contributed by atoms with E-state index in [1.807, 2.05) is 48.5 Å². The third-order valence-electron chi connectivity index (χ3n) is 7.53. The lowest BCUT2D eigenvalue weighted by atomic mass is 9.88. The minimum absolute atomic E-state index is 0.00712. The van der Waals surface area contributed by atoms with E-state index in [-0.39, 0.29) is 11.8 Å². The fraction of sp³-hybridized carbons (Fsp3) is 0.135. The standard InChI is InChI=1S/C37H33N3O2/c41-37(39-24-28-18-20-38-21-19-28)23-34(31-14-9-15-32(22-31)42-27-30-12-5-2-6-13-30)35-26-40(25-29-10-3-1-4-11-29)36-17-8-7-16-33(35)36/h1-22,26,34H,23-25,27H2,(H,39,41)/t34-/m0/s1. The highest BCUT2D eigenvalue weighted by atomic mass is 16.5. The highest BCUT2D eigenvalue weighted by Gasteiger charge is 2.23. The third kappa shape index (κ3) is 6.58. The Kier molecular flexibility index (Phi) is 8.37. The van der Waals surface area contributed by atoms with Crippen LogP contribution in [0.25, 0.3) is 10.9 Å². The topological polar surface area (TPSA) is 56.1 Å². The van der Waals surface area contributed by atoms with Crippen LogP contribution < -0.4 is 10.1 Å². The molecule has 0 saturated heterocycles. The van der Waals surface area contributed by atoms with Crippen molar-refractivity contribution in [2.45, 2.75) is 32.0 Å². The molecule has 2 heterocycles. The van der Waals surface area contributed by atoms with Crippen molar-refractivity contribution in [3.05, 3.63) is 168 Å². The fourth-order valence-electron chi connectivity index (χ4n) is 5.39. The summed E-state index contributed by atoms with van der Waals surface area (Å²) in [5.41, 5.74) is 6.68. The number of hydrogen-bond donors (Lipinski definition) is 1. The number of carbonyl (C=O) groups excluding carboxylic acids is 1. The van der Waals surface area contributed by atoms with Gasteiger partial charge in [-0.05, 0) is 58.1 Å². The van der Waals surface area contributed by atoms with Crippen molar-refractivity contribution in [1.29, 1.82) is 0 Å². The van der Waals surface area contributed by atoms with Gasteiger partial charge in [-0.1, -0.05) is 91.0 Å². The van der Waals surface area contributed by atoms with Crippen molar-refractivity contribution in [1.82, 2.24) is 14.9 Å². The molecule has 0 unspecified atom stereocenters. The molecule has 1 N–H and O–H groups in total. The second-order valence-corrected chi connectivity index (χ2v) is 10.5. The summed E-state index contributed by atoms with van der Waals surface area (Å²) in [6.07, 6.45) is 6.02. The van der Waals surface area contributed by atoms with Gasteiger partial charge in [0.25, 0.3) is 0 Å². The van der Waals surface area contributed by atoms with Gasteiger partial charge in [0.1, 0.15) is 12.4 Å². The van der Waals surface area contributed by atoms with E-state index in [1.165, 1.54) is 5.56 Å². The first-order valence-electron chi connectivity index (χ1n) is 14.3. The Labute approximate surface area is 246 Å². The summed E-state index contributed by atoms with van der Waals surface area (Å²) in [6, 6.07) is 41.1. The van der Waals surface area contributed by atoms with Crippen LogP contribution in [0.1, 0.15) is 40.2 Å². The molecule has 0 aliphatic rings. The summed E-state index contributed by atoms with van der Waals surface area (Å²) >= 11 is 0. The Morgan fingerprint density at radius 1 is 0.762 bits per heavy atom. The number of fused-ring (bicyclic) bond motifs is 1. The van der Waals surface area contributed by atoms with Crippen molar-refractivity contribution in [2.75, 3.05) is 0 Å². The number of hydrogen-bond acceptors (Lipinski definition) is 3. The zero-order valence-electron chi connectivity index (χ0n) is 23.4. The molecule has 208 valence electrons. The first-order chi connectivity index (χ1) is 20.7. The van der Waals surface area contributed by atoms with Crippen LogP contribution in [0, 0.1) is 0 Å². The lowest BCUT2D eigenvalue weighted by molar-refractivity contribution is -0.121. The highest BCUT2D eigenvalue weighted by molar-refractivity contribution is 5.87. The van der Waals surface area contributed by atoms with E-state index in [9.17, 15) is 4.79 Å². The van der Waals surface area contributed by atoms with E-state index < -0.39 is 0 Å². The monoisotopic (exact) mass is 551 g/mol. The van der Waals surface area contributed by atoms with Crippen LogP contribution in [0.3, 0.4) is 0 Å². The molecule has 0 radical (unpaired) electrons. The Balaban J connectivity index is 1.33. The molecule has 5 nitrogen and oxygen atoms in total. The molecule has 0 spiro atoms. The van der Waals surface area contributed by atoms with E-state index in [0.717, 1.165) is 45.5 Å². The number of aromatic nitrogens is 2. The highest BCUT2D eigenvalue weighted by Crippen LogP contribution is 2.36. The average Bonchev–Trinajstić information content (AvgIpc) is 3.41. The van der Waals surface area contributed by atoms with Crippen LogP contribution >= 0.6 is 0 Å². The van der Waals surface area contributed by atoms with Crippen molar-refractivity contribution in [2.24, 2.45) is 0 Å². The van der Waals surface area contributed by atoms with Gasteiger partial charge in [0.2, 0.25) is 5.91 Å². The Bertz CT molecular complexity index is 1750. The van der Waals surface area contributed by atoms with Crippen LogP contribution in [-0.4, -0.2) is 15.5 Å². The quantitative estimate of drug-likeness (QED) is 0.181. The van der Waals surface area contributed by atoms with Gasteiger partial charge in [-0.25, -0.2) is 0 Å². The van der Waals surface area contributed by atoms with Gasteiger partial charge < -0.3 is 14.6 Å². The van der Waals surface area contributed by atoms with Crippen LogP contribution in [0.2, 0.25) is 0 Å². The number of nitrogens with one attached hydrogen (secondary N) is 1. The summed E-state index contributed by atoms with van der Waals surface area (Å²) < 4.78 is 8.48. The summed E-state index contributed by atoms with van der Waals surface area (Å²) in [7, 11) is 0. The molecule has 1 amide bonds. The van der Waals surface area contributed by atoms with Crippen LogP contribution in [-0.2, 0) is 24.5 Å². The first kappa shape index (κ1) is 27.0. The number of para-hydroxylation sites is 1. The van der Waals surface area contributed by atoms with Gasteiger partial charge in [-0.3, -0.25) is 9.78 Å². The number of carbonyl (C=O) groups is 1. The smallest absolute Gasteiger partial charge is 0.221 e. The van der Waals surface area contributed by atoms with E-state index in [2.05, 4.69) is 93.9 Å². The molecule has 0 fully saturated rings. The molecule has 0 aliphatic heterocycles. The van der Waals surface area contributed by atoms with Crippen molar-refractivity contribution >= 4 is 16.8 Å². The molecule has 42 heavy (non-hydrogen) atoms. The maximum atomic E-state index is 13.4. The second kappa shape index (κ2) is 13.0. The van der Waals surface area contributed by atoms with Gasteiger partial charge >= 0.3 is 0 Å². The zero-order chi connectivity index (χ0) is 28.6. The molecular weight excluding hydrogens is 518 g/mol. The summed E-state index contributed by atoms with van der Waals surface area (Å²) in [5.74, 6) is 0.614. The Morgan fingerprint density at radius 3 is 2.26 bits per heavy atom. The zero-order valence-corrected chi connectivity index (χ0v) is 23.4. The molecule has 0 bridgehead atoms. The van der Waals surface area contributed by atoms with E-state index in [1.54, 1.807) is 12.4 Å². The van der Waals surface area contributed by atoms with Crippen molar-refractivity contribution in [3.8, 4) is 5.75 Å². The van der Waals surface area contributed by atoms with Crippen molar-refractivity contribution < 1.29 is 9.53 Å². The van der Waals surface area contributed by atoms with Gasteiger partial charge in [0, 0.05) is 54.9 Å². The van der Waals surface area contributed by atoms with Crippen LogP contribution in [0.15, 0.2) is 140 Å². The Morgan fingerprint density at radius 2 is 1.48 bits per heavy atom. The third-order valence-corrected chi connectivity index (χ3v) is 7.53. The molecule has 4 aromatic carbocycles. The minimum atomic E-state index is -0.162. The molecule has 2 aromatic heterocycles. The molecule has 6 aromatic rings. The minimum Gasteiger partial charge on any atom is -0.489 e. The maximum Gasteiger partial charge on any atom is 0.221 e. The summed E-state index contributed by atoms with van der Waals surface area (Å²) in [5, 5.41) is 4.27. The van der Waals surface area contributed by atoms with Crippen LogP contribution in [0.5, 0.6) is 5.75 Å². The number of benzene rings is 4. The van der Waals surface area contributed by atoms with E-state index in [0.29, 0.717) is 19.6 Å². The SMILES string of the molecule is O=C(C[C@@H](c1cccc(OCc2ccccc2)c1)c1cn(Cc2ccccc2)c2ccccc12)NCc1ccncc1. The fourth-order valence-corrected chi connectivity index (χ4v) is 5.39. The lowest BCUT2D eigenvalue weighted by Crippen LogP contribution is -2.25. The van der Waals surface area contributed by atoms with E-state index >= 15 is 0 Å². The number of pyridine rings is 1. The largest absolute Gasteiger partial charge is 0.489 e. The van der Waals surface area contributed by atoms with Gasteiger partial charge in [0.05, 0.1) is 0 Å². The number of rotatable bonds is 11. The Hall–Kier alpha value is -5.16. The number of ether oxygens (including phenoxy) is 1. The first-order valence-corrected chi connectivity index (χ1v) is 14.3. The van der Waals surface area contributed by atoms with Crippen molar-refractivity contribution in [3.63, 3.8) is 0 Å². The van der Waals surface area contributed by atoms with Gasteiger partial charge in [-0.2, -0.15) is 0 Å². The second-order valence-electron chi connectivity index (χ2n) is 10.5. The molecule has 5 heteroatoms. The molecule has 1 atom stereocenters. The predicted molar refractivity (Wildman–Crippen MR) is 167 cm³/mol. The maximum absolute atomic E-state index is 13.4. The number of amides is 1. The molecule has 0 saturated carbocycles. The van der Waals surface area contributed by atoms with Crippen LogP contribution in [0.4, 0.5) is 0 Å². The average molecular weight is 552 g/mol. The normalized spacial score (nSPS) is 11.7. The lowest BCUT2D eigenvalue weighted by Gasteiger charge is -2.18.